The third-order valence-corrected chi connectivity index (χ3v) is 4.86. The SMILES string of the molecule is C=C(C)CCCC[C@H](C)OCc1c2ccccc2cc2ccccc12. The first kappa shape index (κ1) is 17.7. The predicted molar refractivity (Wildman–Crippen MR) is 109 cm³/mol. The summed E-state index contributed by atoms with van der Waals surface area (Å²) in [6.45, 7) is 8.94. The van der Waals surface area contributed by atoms with Gasteiger partial charge in [0.1, 0.15) is 0 Å². The van der Waals surface area contributed by atoms with Crippen LogP contribution in [0.3, 0.4) is 0 Å². The maximum atomic E-state index is 6.23. The molecule has 0 aliphatic carbocycles. The highest BCUT2D eigenvalue weighted by Crippen LogP contribution is 2.29. The molecule has 0 spiro atoms. The molecule has 3 aromatic carbocycles. The van der Waals surface area contributed by atoms with Gasteiger partial charge in [-0.3, -0.25) is 0 Å². The van der Waals surface area contributed by atoms with E-state index in [2.05, 4.69) is 75.0 Å². The number of hydrogen-bond donors (Lipinski definition) is 0. The molecule has 3 aromatic rings. The summed E-state index contributed by atoms with van der Waals surface area (Å²) in [4.78, 5) is 0. The van der Waals surface area contributed by atoms with Gasteiger partial charge in [0.15, 0.2) is 0 Å². The summed E-state index contributed by atoms with van der Waals surface area (Å²) in [5, 5.41) is 5.18. The number of fused-ring (bicyclic) bond motifs is 2. The molecule has 0 unspecified atom stereocenters. The molecule has 0 aliphatic rings. The van der Waals surface area contributed by atoms with Crippen molar-refractivity contribution in [2.24, 2.45) is 0 Å². The maximum Gasteiger partial charge on any atom is 0.0732 e. The van der Waals surface area contributed by atoms with Crippen LogP contribution in [0.4, 0.5) is 0 Å². The lowest BCUT2D eigenvalue weighted by atomic mass is 9.97. The lowest BCUT2D eigenvalue weighted by Gasteiger charge is -2.16. The van der Waals surface area contributed by atoms with Gasteiger partial charge in [0.05, 0.1) is 12.7 Å². The fourth-order valence-corrected chi connectivity index (χ4v) is 3.43. The van der Waals surface area contributed by atoms with Crippen molar-refractivity contribution in [1.29, 1.82) is 0 Å². The molecule has 0 fully saturated rings. The molecular formula is C24H28O. The molecule has 0 bridgehead atoms. The Morgan fingerprint density at radius 2 is 1.56 bits per heavy atom. The Morgan fingerprint density at radius 1 is 0.960 bits per heavy atom. The normalized spacial score (nSPS) is 12.6. The van der Waals surface area contributed by atoms with Gasteiger partial charge in [-0.05, 0) is 66.3 Å². The van der Waals surface area contributed by atoms with Crippen molar-refractivity contribution in [1.82, 2.24) is 0 Å². The Labute approximate surface area is 151 Å². The van der Waals surface area contributed by atoms with Gasteiger partial charge in [-0.25, -0.2) is 0 Å². The Hall–Kier alpha value is -2.12. The average Bonchev–Trinajstić information content (AvgIpc) is 2.62. The molecular weight excluding hydrogens is 304 g/mol. The predicted octanol–water partition coefficient (Wildman–Crippen LogP) is 7.03. The van der Waals surface area contributed by atoms with Crippen LogP contribution in [-0.4, -0.2) is 6.10 Å². The average molecular weight is 332 g/mol. The zero-order valence-corrected chi connectivity index (χ0v) is 15.4. The van der Waals surface area contributed by atoms with Gasteiger partial charge in [0.25, 0.3) is 0 Å². The Morgan fingerprint density at radius 3 is 2.16 bits per heavy atom. The smallest absolute Gasteiger partial charge is 0.0732 e. The first-order valence-corrected chi connectivity index (χ1v) is 9.30. The summed E-state index contributed by atoms with van der Waals surface area (Å²) in [5.41, 5.74) is 2.58. The second-order valence-electron chi connectivity index (χ2n) is 7.12. The first-order valence-electron chi connectivity index (χ1n) is 9.30. The molecule has 0 N–H and O–H groups in total. The van der Waals surface area contributed by atoms with Gasteiger partial charge in [0.2, 0.25) is 0 Å². The topological polar surface area (TPSA) is 9.23 Å². The van der Waals surface area contributed by atoms with Crippen molar-refractivity contribution in [2.75, 3.05) is 0 Å². The Kier molecular flexibility index (Phi) is 5.88. The Balaban J connectivity index is 1.74. The highest BCUT2D eigenvalue weighted by Gasteiger charge is 2.09. The van der Waals surface area contributed by atoms with Crippen molar-refractivity contribution in [3.05, 3.63) is 72.3 Å². The molecule has 1 nitrogen and oxygen atoms in total. The van der Waals surface area contributed by atoms with Gasteiger partial charge in [-0.2, -0.15) is 0 Å². The molecule has 25 heavy (non-hydrogen) atoms. The number of hydrogen-bond acceptors (Lipinski definition) is 1. The first-order chi connectivity index (χ1) is 12.1. The fraction of sp³-hybridized carbons (Fsp3) is 0.333. The summed E-state index contributed by atoms with van der Waals surface area (Å²) < 4.78 is 6.23. The van der Waals surface area contributed by atoms with Crippen LogP contribution in [0, 0.1) is 0 Å². The van der Waals surface area contributed by atoms with Crippen LogP contribution < -0.4 is 0 Å². The lowest BCUT2D eigenvalue weighted by molar-refractivity contribution is 0.0472. The van der Waals surface area contributed by atoms with E-state index >= 15 is 0 Å². The third kappa shape index (κ3) is 4.49. The van der Waals surface area contributed by atoms with Gasteiger partial charge in [-0.15, -0.1) is 6.58 Å². The van der Waals surface area contributed by atoms with Crippen LogP contribution in [0.25, 0.3) is 21.5 Å². The van der Waals surface area contributed by atoms with Crippen LogP contribution in [0.1, 0.15) is 45.1 Å². The van der Waals surface area contributed by atoms with Crippen molar-refractivity contribution in [3.8, 4) is 0 Å². The molecule has 0 radical (unpaired) electrons. The highest BCUT2D eigenvalue weighted by molar-refractivity contribution is 6.02. The molecule has 0 aromatic heterocycles. The minimum Gasteiger partial charge on any atom is -0.374 e. The number of rotatable bonds is 8. The maximum absolute atomic E-state index is 6.23. The largest absolute Gasteiger partial charge is 0.374 e. The van der Waals surface area contributed by atoms with Crippen LogP contribution in [-0.2, 0) is 11.3 Å². The minimum atomic E-state index is 0.280. The summed E-state index contributed by atoms with van der Waals surface area (Å²) in [7, 11) is 0. The van der Waals surface area contributed by atoms with E-state index < -0.39 is 0 Å². The van der Waals surface area contributed by atoms with E-state index in [1.165, 1.54) is 45.5 Å². The van der Waals surface area contributed by atoms with Gasteiger partial charge in [0, 0.05) is 0 Å². The molecule has 0 amide bonds. The van der Waals surface area contributed by atoms with E-state index in [9.17, 15) is 0 Å². The second kappa shape index (κ2) is 8.31. The number of unbranched alkanes of at least 4 members (excludes halogenated alkanes) is 1. The Bertz CT molecular complexity index is 808. The van der Waals surface area contributed by atoms with Crippen molar-refractivity contribution < 1.29 is 4.74 Å². The zero-order chi connectivity index (χ0) is 17.6. The zero-order valence-electron chi connectivity index (χ0n) is 15.4. The summed E-state index contributed by atoms with van der Waals surface area (Å²) >= 11 is 0. The summed E-state index contributed by atoms with van der Waals surface area (Å²) in [6, 6.07) is 19.5. The standard InChI is InChI=1S/C24H28O/c1-18(2)10-4-5-11-19(3)25-17-24-22-14-8-6-12-20(22)16-21-13-7-9-15-23(21)24/h6-9,12-16,19H,1,4-5,10-11,17H2,2-3H3/t19-/m0/s1. The van der Waals surface area contributed by atoms with Crippen molar-refractivity contribution >= 4 is 21.5 Å². The molecule has 0 saturated heterocycles. The van der Waals surface area contributed by atoms with Crippen LogP contribution >= 0.6 is 0 Å². The monoisotopic (exact) mass is 332 g/mol. The van der Waals surface area contributed by atoms with Crippen LogP contribution in [0.2, 0.25) is 0 Å². The molecule has 1 atom stereocenters. The van der Waals surface area contributed by atoms with Gasteiger partial charge >= 0.3 is 0 Å². The lowest BCUT2D eigenvalue weighted by Crippen LogP contribution is -2.08. The number of ether oxygens (including phenoxy) is 1. The molecule has 1 heteroatoms. The summed E-state index contributed by atoms with van der Waals surface area (Å²) in [6.07, 6.45) is 4.92. The van der Waals surface area contributed by atoms with Gasteiger partial charge in [-0.1, -0.05) is 60.5 Å². The van der Waals surface area contributed by atoms with E-state index in [1.807, 2.05) is 0 Å². The quantitative estimate of drug-likeness (QED) is 0.244. The van der Waals surface area contributed by atoms with E-state index in [1.54, 1.807) is 0 Å². The van der Waals surface area contributed by atoms with E-state index in [-0.39, 0.29) is 6.10 Å². The third-order valence-electron chi connectivity index (χ3n) is 4.86. The fourth-order valence-electron chi connectivity index (χ4n) is 3.43. The summed E-state index contributed by atoms with van der Waals surface area (Å²) in [5.74, 6) is 0. The molecule has 0 aliphatic heterocycles. The number of allylic oxidation sites excluding steroid dienone is 1. The second-order valence-corrected chi connectivity index (χ2v) is 7.12. The van der Waals surface area contributed by atoms with E-state index in [0.717, 1.165) is 12.8 Å². The minimum absolute atomic E-state index is 0.280. The molecule has 3 rings (SSSR count). The molecule has 0 heterocycles. The van der Waals surface area contributed by atoms with Crippen LogP contribution in [0.15, 0.2) is 66.7 Å². The molecule has 130 valence electrons. The number of benzene rings is 3. The van der Waals surface area contributed by atoms with Gasteiger partial charge < -0.3 is 4.74 Å². The van der Waals surface area contributed by atoms with Crippen molar-refractivity contribution in [2.45, 2.75) is 52.2 Å². The van der Waals surface area contributed by atoms with Crippen LogP contribution in [0.5, 0.6) is 0 Å². The highest BCUT2D eigenvalue weighted by atomic mass is 16.5. The van der Waals surface area contributed by atoms with Crippen molar-refractivity contribution in [3.63, 3.8) is 0 Å². The van der Waals surface area contributed by atoms with E-state index in [4.69, 9.17) is 4.74 Å². The molecule has 0 saturated carbocycles. The van der Waals surface area contributed by atoms with E-state index in [0.29, 0.717) is 6.61 Å².